The molecule has 0 aliphatic carbocycles. The second-order valence-corrected chi connectivity index (χ2v) is 3.41. The average Bonchev–Trinajstić information content (AvgIpc) is 2.31. The monoisotopic (exact) mass is 237 g/mol. The number of carbonyl (C=O) groups is 1. The van der Waals surface area contributed by atoms with Gasteiger partial charge in [-0.05, 0) is 24.6 Å². The standard InChI is InChI=1S/C13H16FNO2/c1-2-17-13(16)4-3-9-15-10-11-5-7-12(14)8-6-11/h3-8,15H,2,9-10H2,1H3. The summed E-state index contributed by atoms with van der Waals surface area (Å²) in [4.78, 5) is 10.9. The summed E-state index contributed by atoms with van der Waals surface area (Å²) in [7, 11) is 0. The van der Waals surface area contributed by atoms with E-state index in [0.29, 0.717) is 19.7 Å². The second kappa shape index (κ2) is 7.57. The fraction of sp³-hybridized carbons (Fsp3) is 0.308. The summed E-state index contributed by atoms with van der Waals surface area (Å²) in [6.07, 6.45) is 3.09. The normalized spacial score (nSPS) is 10.7. The molecule has 0 aliphatic heterocycles. The van der Waals surface area contributed by atoms with Crippen molar-refractivity contribution in [2.24, 2.45) is 0 Å². The van der Waals surface area contributed by atoms with Crippen molar-refractivity contribution in [2.75, 3.05) is 13.2 Å². The van der Waals surface area contributed by atoms with Crippen LogP contribution in [0, 0.1) is 5.82 Å². The minimum Gasteiger partial charge on any atom is -0.463 e. The highest BCUT2D eigenvalue weighted by Gasteiger charge is 1.94. The molecule has 1 N–H and O–H groups in total. The molecular weight excluding hydrogens is 221 g/mol. The van der Waals surface area contributed by atoms with Gasteiger partial charge in [0.1, 0.15) is 5.82 Å². The van der Waals surface area contributed by atoms with Crippen molar-refractivity contribution < 1.29 is 13.9 Å². The molecule has 0 aromatic heterocycles. The molecule has 0 amide bonds. The molecule has 0 radical (unpaired) electrons. The van der Waals surface area contributed by atoms with Crippen molar-refractivity contribution in [1.29, 1.82) is 0 Å². The first-order valence-corrected chi connectivity index (χ1v) is 5.51. The lowest BCUT2D eigenvalue weighted by Gasteiger charge is -2.01. The number of hydrogen-bond acceptors (Lipinski definition) is 3. The molecule has 1 aromatic carbocycles. The molecular formula is C13H16FNO2. The second-order valence-electron chi connectivity index (χ2n) is 3.41. The maximum atomic E-state index is 12.6. The number of rotatable bonds is 6. The summed E-state index contributed by atoms with van der Waals surface area (Å²) >= 11 is 0. The summed E-state index contributed by atoms with van der Waals surface area (Å²) in [6.45, 7) is 3.34. The van der Waals surface area contributed by atoms with E-state index in [1.54, 1.807) is 25.1 Å². The SMILES string of the molecule is CCOC(=O)C=CCNCc1ccc(F)cc1. The molecule has 17 heavy (non-hydrogen) atoms. The van der Waals surface area contributed by atoms with Gasteiger partial charge in [0.25, 0.3) is 0 Å². The van der Waals surface area contributed by atoms with Crippen LogP contribution < -0.4 is 5.32 Å². The summed E-state index contributed by atoms with van der Waals surface area (Å²) in [5.41, 5.74) is 0.996. The Bertz CT molecular complexity index is 374. The van der Waals surface area contributed by atoms with Gasteiger partial charge >= 0.3 is 5.97 Å². The fourth-order valence-corrected chi connectivity index (χ4v) is 1.25. The Labute approximate surface area is 100 Å². The van der Waals surface area contributed by atoms with Gasteiger partial charge in [-0.3, -0.25) is 0 Å². The van der Waals surface area contributed by atoms with Crippen molar-refractivity contribution in [3.8, 4) is 0 Å². The molecule has 92 valence electrons. The third-order valence-corrected chi connectivity index (χ3v) is 2.05. The van der Waals surface area contributed by atoms with E-state index >= 15 is 0 Å². The molecule has 3 nitrogen and oxygen atoms in total. The van der Waals surface area contributed by atoms with Crippen molar-refractivity contribution in [1.82, 2.24) is 5.32 Å². The van der Waals surface area contributed by atoms with Gasteiger partial charge in [0.05, 0.1) is 6.61 Å². The Kier molecular flexibility index (Phi) is 5.96. The summed E-state index contributed by atoms with van der Waals surface area (Å²) in [6, 6.07) is 6.28. The molecule has 0 spiro atoms. The summed E-state index contributed by atoms with van der Waals surface area (Å²) < 4.78 is 17.3. The van der Waals surface area contributed by atoms with Crippen LogP contribution >= 0.6 is 0 Å². The van der Waals surface area contributed by atoms with Gasteiger partial charge in [-0.2, -0.15) is 0 Å². The summed E-state index contributed by atoms with van der Waals surface area (Å²) in [5.74, 6) is -0.577. The lowest BCUT2D eigenvalue weighted by molar-refractivity contribution is -0.137. The number of esters is 1. The van der Waals surface area contributed by atoms with Crippen LogP contribution in [0.25, 0.3) is 0 Å². The van der Waals surface area contributed by atoms with Crippen LogP contribution in [0.1, 0.15) is 12.5 Å². The van der Waals surface area contributed by atoms with Crippen LogP contribution in [0.4, 0.5) is 4.39 Å². The number of hydrogen-bond donors (Lipinski definition) is 1. The molecule has 0 heterocycles. The van der Waals surface area contributed by atoms with Gasteiger partial charge in [-0.15, -0.1) is 0 Å². The van der Waals surface area contributed by atoms with Crippen molar-refractivity contribution >= 4 is 5.97 Å². The molecule has 0 bridgehead atoms. The smallest absolute Gasteiger partial charge is 0.330 e. The van der Waals surface area contributed by atoms with Crippen molar-refractivity contribution in [3.05, 3.63) is 47.8 Å². The van der Waals surface area contributed by atoms with Crippen LogP contribution in [0.5, 0.6) is 0 Å². The number of halogens is 1. The first-order chi connectivity index (χ1) is 8.22. The van der Waals surface area contributed by atoms with Crippen LogP contribution in [-0.2, 0) is 16.1 Å². The Balaban J connectivity index is 2.20. The molecule has 0 saturated heterocycles. The maximum absolute atomic E-state index is 12.6. The van der Waals surface area contributed by atoms with Crippen LogP contribution in [0.2, 0.25) is 0 Å². The van der Waals surface area contributed by atoms with Gasteiger partial charge in [-0.1, -0.05) is 18.2 Å². The highest BCUT2D eigenvalue weighted by molar-refractivity contribution is 5.81. The predicted octanol–water partition coefficient (Wildman–Crippen LogP) is 2.03. The summed E-state index contributed by atoms with van der Waals surface area (Å²) in [5, 5.41) is 3.10. The number of ether oxygens (including phenoxy) is 1. The molecule has 0 unspecified atom stereocenters. The highest BCUT2D eigenvalue weighted by atomic mass is 19.1. The zero-order chi connectivity index (χ0) is 12.5. The molecule has 1 rings (SSSR count). The molecule has 0 saturated carbocycles. The van der Waals surface area contributed by atoms with E-state index in [0.717, 1.165) is 5.56 Å². The van der Waals surface area contributed by atoms with E-state index < -0.39 is 0 Å². The van der Waals surface area contributed by atoms with Crippen LogP contribution in [-0.4, -0.2) is 19.1 Å². The maximum Gasteiger partial charge on any atom is 0.330 e. The van der Waals surface area contributed by atoms with Gasteiger partial charge < -0.3 is 10.1 Å². The minimum atomic E-state index is -0.337. The molecule has 0 atom stereocenters. The number of benzene rings is 1. The van der Waals surface area contributed by atoms with E-state index in [1.165, 1.54) is 18.2 Å². The van der Waals surface area contributed by atoms with E-state index in [9.17, 15) is 9.18 Å². The van der Waals surface area contributed by atoms with Gasteiger partial charge in [0.15, 0.2) is 0 Å². The molecule has 1 aromatic rings. The van der Waals surface area contributed by atoms with Crippen molar-refractivity contribution in [2.45, 2.75) is 13.5 Å². The minimum absolute atomic E-state index is 0.240. The lowest BCUT2D eigenvalue weighted by Crippen LogP contribution is -2.13. The highest BCUT2D eigenvalue weighted by Crippen LogP contribution is 2.01. The van der Waals surface area contributed by atoms with E-state index in [2.05, 4.69) is 5.32 Å². The quantitative estimate of drug-likeness (QED) is 0.467. The zero-order valence-corrected chi connectivity index (χ0v) is 9.78. The van der Waals surface area contributed by atoms with E-state index in [4.69, 9.17) is 4.74 Å². The lowest BCUT2D eigenvalue weighted by atomic mass is 10.2. The van der Waals surface area contributed by atoms with Gasteiger partial charge in [-0.25, -0.2) is 9.18 Å². The topological polar surface area (TPSA) is 38.3 Å². The van der Waals surface area contributed by atoms with E-state index in [-0.39, 0.29) is 11.8 Å². The Morgan fingerprint density at radius 2 is 2.12 bits per heavy atom. The number of nitrogens with one attached hydrogen (secondary N) is 1. The molecule has 4 heteroatoms. The first-order valence-electron chi connectivity index (χ1n) is 5.51. The third kappa shape index (κ3) is 5.82. The van der Waals surface area contributed by atoms with Crippen LogP contribution in [0.15, 0.2) is 36.4 Å². The average molecular weight is 237 g/mol. The zero-order valence-electron chi connectivity index (χ0n) is 9.78. The Morgan fingerprint density at radius 1 is 1.41 bits per heavy atom. The largest absolute Gasteiger partial charge is 0.463 e. The van der Waals surface area contributed by atoms with E-state index in [1.807, 2.05) is 0 Å². The molecule has 0 aliphatic rings. The molecule has 0 fully saturated rings. The number of carbonyl (C=O) groups excluding carboxylic acids is 1. The Hall–Kier alpha value is -1.68. The first kappa shape index (κ1) is 13.4. The Morgan fingerprint density at radius 3 is 2.76 bits per heavy atom. The fourth-order valence-electron chi connectivity index (χ4n) is 1.25. The van der Waals surface area contributed by atoms with Crippen LogP contribution in [0.3, 0.4) is 0 Å². The van der Waals surface area contributed by atoms with Gasteiger partial charge in [0, 0.05) is 19.2 Å². The van der Waals surface area contributed by atoms with Gasteiger partial charge in [0.2, 0.25) is 0 Å². The third-order valence-electron chi connectivity index (χ3n) is 2.05. The van der Waals surface area contributed by atoms with Crippen molar-refractivity contribution in [3.63, 3.8) is 0 Å². The predicted molar refractivity (Wildman–Crippen MR) is 63.9 cm³/mol.